The maximum atomic E-state index is 11.0. The summed E-state index contributed by atoms with van der Waals surface area (Å²) in [4.78, 5) is 0. The summed E-state index contributed by atoms with van der Waals surface area (Å²) in [5.74, 6) is -0.236. The van der Waals surface area contributed by atoms with Crippen LogP contribution in [0, 0.1) is 0 Å². The topological polar surface area (TPSA) is 43.4 Å². The lowest BCUT2D eigenvalue weighted by Crippen LogP contribution is -2.49. The number of halogens is 1. The molecule has 0 atom stereocenters. The Labute approximate surface area is 131 Å². The van der Waals surface area contributed by atoms with Gasteiger partial charge in [-0.1, -0.05) is 38.5 Å². The molecule has 4 nitrogen and oxygen atoms in total. The van der Waals surface area contributed by atoms with E-state index in [1.807, 2.05) is 6.92 Å². The van der Waals surface area contributed by atoms with Gasteiger partial charge in [0.1, 0.15) is 0 Å². The molecule has 0 unspecified atom stereocenters. The van der Waals surface area contributed by atoms with E-state index in [-0.39, 0.29) is 5.75 Å². The zero-order valence-electron chi connectivity index (χ0n) is 14.5. The monoisotopic (exact) mass is 328 g/mol. The van der Waals surface area contributed by atoms with E-state index < -0.39 is 10.1 Å². The van der Waals surface area contributed by atoms with Crippen LogP contribution in [0.1, 0.15) is 66.7 Å². The summed E-state index contributed by atoms with van der Waals surface area (Å²) in [5.41, 5.74) is 0. The van der Waals surface area contributed by atoms with Crippen LogP contribution >= 0.6 is 0 Å². The van der Waals surface area contributed by atoms with Crippen LogP contribution in [0.25, 0.3) is 0 Å². The Hall–Kier alpha value is -0.200. The van der Waals surface area contributed by atoms with Gasteiger partial charge in [0.15, 0.2) is 0 Å². The van der Waals surface area contributed by atoms with Crippen LogP contribution in [0.4, 0.5) is 4.53 Å². The average Bonchev–Trinajstić information content (AvgIpc) is 2.46. The Morgan fingerprint density at radius 3 is 1.52 bits per heavy atom. The normalized spacial score (nSPS) is 11.9. The SMILES string of the molecule is CCCCS(=O)(=O)OF.CCC[N+](CC)(CCC)CCC. The van der Waals surface area contributed by atoms with Crippen LogP contribution in [0.2, 0.25) is 0 Å². The minimum Gasteiger partial charge on any atom is -0.324 e. The van der Waals surface area contributed by atoms with E-state index in [2.05, 4.69) is 32.1 Å². The van der Waals surface area contributed by atoms with Crippen LogP contribution in [-0.4, -0.2) is 44.8 Å². The summed E-state index contributed by atoms with van der Waals surface area (Å²) >= 11 is 0. The lowest BCUT2D eigenvalue weighted by atomic mass is 10.2. The third-order valence-corrected chi connectivity index (χ3v) is 4.59. The molecule has 0 heterocycles. The zero-order chi connectivity index (χ0) is 16.8. The van der Waals surface area contributed by atoms with Gasteiger partial charge >= 0.3 is 0 Å². The molecule has 0 amide bonds. The van der Waals surface area contributed by atoms with Gasteiger partial charge in [-0.25, -0.2) is 0 Å². The molecule has 0 saturated carbocycles. The van der Waals surface area contributed by atoms with E-state index in [1.54, 1.807) is 0 Å². The molecule has 6 heteroatoms. The van der Waals surface area contributed by atoms with Gasteiger partial charge in [-0.15, -0.1) is 0 Å². The molecule has 0 bridgehead atoms. The molecule has 0 aliphatic heterocycles. The summed E-state index contributed by atoms with van der Waals surface area (Å²) in [5, 5.41) is 0. The third-order valence-electron chi connectivity index (χ3n) is 3.61. The lowest BCUT2D eigenvalue weighted by Gasteiger charge is -2.37. The van der Waals surface area contributed by atoms with E-state index in [4.69, 9.17) is 0 Å². The maximum absolute atomic E-state index is 11.0. The van der Waals surface area contributed by atoms with Crippen LogP contribution in [0.5, 0.6) is 0 Å². The van der Waals surface area contributed by atoms with Crippen LogP contribution in [0.15, 0.2) is 0 Å². The van der Waals surface area contributed by atoms with Gasteiger partial charge in [0.2, 0.25) is 0 Å². The Bertz CT molecular complexity index is 304. The minimum atomic E-state index is -3.85. The molecule has 0 radical (unpaired) electrons. The first-order valence-corrected chi connectivity index (χ1v) is 9.82. The highest BCUT2D eigenvalue weighted by Gasteiger charge is 2.21. The first kappa shape index (κ1) is 23.1. The van der Waals surface area contributed by atoms with Crippen molar-refractivity contribution in [1.29, 1.82) is 0 Å². The summed E-state index contributed by atoms with van der Waals surface area (Å²) in [6.45, 7) is 16.5. The van der Waals surface area contributed by atoms with Crippen LogP contribution < -0.4 is 0 Å². The number of hydrogen-bond donors (Lipinski definition) is 0. The maximum Gasteiger partial charge on any atom is 0.297 e. The van der Waals surface area contributed by atoms with E-state index in [9.17, 15) is 12.9 Å². The molecule has 0 spiro atoms. The molecule has 21 heavy (non-hydrogen) atoms. The molecule has 0 saturated heterocycles. The van der Waals surface area contributed by atoms with Gasteiger partial charge in [0, 0.05) is 0 Å². The van der Waals surface area contributed by atoms with Gasteiger partial charge in [0.25, 0.3) is 10.1 Å². The fourth-order valence-electron chi connectivity index (χ4n) is 2.59. The number of unbranched alkanes of at least 4 members (excludes halogenated alkanes) is 1. The molecule has 0 aliphatic carbocycles. The van der Waals surface area contributed by atoms with Crippen molar-refractivity contribution in [2.45, 2.75) is 66.7 Å². The van der Waals surface area contributed by atoms with E-state index >= 15 is 0 Å². The molecule has 0 aromatic carbocycles. The molecule has 0 rings (SSSR count). The predicted octanol–water partition coefficient (Wildman–Crippen LogP) is 4.07. The fraction of sp³-hybridized carbons (Fsp3) is 1.00. The number of nitrogens with zero attached hydrogens (tertiary/aromatic N) is 1. The second-order valence-corrected chi connectivity index (χ2v) is 7.16. The molecule has 0 N–H and O–H groups in total. The summed E-state index contributed by atoms with van der Waals surface area (Å²) in [6.07, 6.45) is 5.13. The van der Waals surface area contributed by atoms with Crippen molar-refractivity contribution < 1.29 is 21.8 Å². The lowest BCUT2D eigenvalue weighted by molar-refractivity contribution is -0.926. The van der Waals surface area contributed by atoms with E-state index in [0.29, 0.717) is 12.8 Å². The zero-order valence-corrected chi connectivity index (χ0v) is 15.3. The van der Waals surface area contributed by atoms with Crippen LogP contribution in [-0.2, 0) is 14.5 Å². The number of quaternary nitrogens is 1. The number of hydrogen-bond acceptors (Lipinski definition) is 3. The second-order valence-electron chi connectivity index (χ2n) is 5.51. The van der Waals surface area contributed by atoms with E-state index in [1.165, 1.54) is 49.9 Å². The first-order valence-electron chi connectivity index (χ1n) is 8.24. The van der Waals surface area contributed by atoms with Crippen LogP contribution in [0.3, 0.4) is 0 Å². The Morgan fingerprint density at radius 1 is 0.857 bits per heavy atom. The van der Waals surface area contributed by atoms with Gasteiger partial charge in [-0.05, 0) is 37.1 Å². The van der Waals surface area contributed by atoms with Gasteiger partial charge < -0.3 is 4.48 Å². The van der Waals surface area contributed by atoms with Crippen molar-refractivity contribution in [1.82, 2.24) is 0 Å². The summed E-state index contributed by atoms with van der Waals surface area (Å²) in [6, 6.07) is 0. The minimum absolute atomic E-state index is 0.236. The number of rotatable bonds is 11. The Kier molecular flexibility index (Phi) is 14.8. The Balaban J connectivity index is 0. The quantitative estimate of drug-likeness (QED) is 0.537. The van der Waals surface area contributed by atoms with Gasteiger partial charge in [-0.3, -0.25) is 0 Å². The highest BCUT2D eigenvalue weighted by Crippen LogP contribution is 2.10. The fourth-order valence-corrected chi connectivity index (χ4v) is 3.29. The van der Waals surface area contributed by atoms with Crippen molar-refractivity contribution in [3.05, 3.63) is 0 Å². The van der Waals surface area contributed by atoms with Gasteiger partial charge in [-0.2, -0.15) is 8.42 Å². The molecule has 0 aromatic heterocycles. The van der Waals surface area contributed by atoms with Gasteiger partial charge in [0.05, 0.1) is 31.9 Å². The molecule has 0 fully saturated rings. The average molecular weight is 329 g/mol. The van der Waals surface area contributed by atoms with Crippen molar-refractivity contribution in [3.8, 4) is 0 Å². The van der Waals surface area contributed by atoms with E-state index in [0.717, 1.165) is 0 Å². The molecule has 0 aromatic rings. The molecular formula is C15H35FNO3S+. The smallest absolute Gasteiger partial charge is 0.297 e. The van der Waals surface area contributed by atoms with Crippen molar-refractivity contribution in [3.63, 3.8) is 0 Å². The largest absolute Gasteiger partial charge is 0.324 e. The molecule has 130 valence electrons. The molecular weight excluding hydrogens is 293 g/mol. The van der Waals surface area contributed by atoms with Crippen molar-refractivity contribution in [2.75, 3.05) is 31.9 Å². The second kappa shape index (κ2) is 13.5. The van der Waals surface area contributed by atoms with Crippen molar-refractivity contribution >= 4 is 10.1 Å². The summed E-state index contributed by atoms with van der Waals surface area (Å²) < 4.78 is 35.4. The first-order chi connectivity index (χ1) is 9.86. The highest BCUT2D eigenvalue weighted by atomic mass is 32.2. The van der Waals surface area contributed by atoms with Crippen molar-refractivity contribution in [2.24, 2.45) is 0 Å². The summed E-state index contributed by atoms with van der Waals surface area (Å²) in [7, 11) is -3.85. The predicted molar refractivity (Wildman–Crippen MR) is 87.2 cm³/mol. The standard InChI is InChI=1S/C11H26N.C4H9FO3S/c1-5-9-12(8-4,10-6-2)11-7-3;1-2-3-4-9(6,7)8-5/h5-11H2,1-4H3;2-4H2,1H3/q+1;. The highest BCUT2D eigenvalue weighted by molar-refractivity contribution is 7.86. The Morgan fingerprint density at radius 2 is 1.29 bits per heavy atom. The third kappa shape index (κ3) is 12.1. The molecule has 0 aliphatic rings.